The first-order valence-corrected chi connectivity index (χ1v) is 7.41. The molecule has 1 aromatic rings. The monoisotopic (exact) mass is 314 g/mol. The SMILES string of the molecule is CCN(CCCS(=O)(=O)O)c1cccc(OC)c1.O.[Na]. The van der Waals surface area contributed by atoms with Gasteiger partial charge >= 0.3 is 0 Å². The Morgan fingerprint density at radius 3 is 2.50 bits per heavy atom. The van der Waals surface area contributed by atoms with Crippen molar-refractivity contribution in [2.75, 3.05) is 30.9 Å². The van der Waals surface area contributed by atoms with Gasteiger partial charge in [-0.1, -0.05) is 6.07 Å². The van der Waals surface area contributed by atoms with Gasteiger partial charge in [0.15, 0.2) is 0 Å². The summed E-state index contributed by atoms with van der Waals surface area (Å²) in [6.45, 7) is 3.33. The first kappa shape index (κ1) is 22.0. The molecule has 1 radical (unpaired) electrons. The Balaban J connectivity index is 0. The van der Waals surface area contributed by atoms with Crippen molar-refractivity contribution in [1.82, 2.24) is 0 Å². The van der Waals surface area contributed by atoms with E-state index in [2.05, 4.69) is 0 Å². The van der Waals surface area contributed by atoms with Crippen LogP contribution in [0.15, 0.2) is 24.3 Å². The van der Waals surface area contributed by atoms with E-state index in [1.807, 2.05) is 36.1 Å². The summed E-state index contributed by atoms with van der Waals surface area (Å²) in [5.74, 6) is 0.550. The number of methoxy groups -OCH3 is 1. The van der Waals surface area contributed by atoms with Crippen LogP contribution in [-0.2, 0) is 10.1 Å². The van der Waals surface area contributed by atoms with E-state index >= 15 is 0 Å². The summed E-state index contributed by atoms with van der Waals surface area (Å²) in [6, 6.07) is 7.59. The van der Waals surface area contributed by atoms with Crippen LogP contribution in [0.1, 0.15) is 13.3 Å². The van der Waals surface area contributed by atoms with Gasteiger partial charge in [0.05, 0.1) is 12.9 Å². The van der Waals surface area contributed by atoms with Crippen LogP contribution in [0.3, 0.4) is 0 Å². The molecule has 0 saturated heterocycles. The van der Waals surface area contributed by atoms with E-state index in [9.17, 15) is 8.42 Å². The van der Waals surface area contributed by atoms with Crippen molar-refractivity contribution in [2.45, 2.75) is 13.3 Å². The van der Waals surface area contributed by atoms with E-state index < -0.39 is 10.1 Å². The molecule has 1 rings (SSSR count). The van der Waals surface area contributed by atoms with Crippen LogP contribution >= 0.6 is 0 Å². The number of ether oxygens (including phenoxy) is 1. The average molecular weight is 314 g/mol. The summed E-state index contributed by atoms with van der Waals surface area (Å²) >= 11 is 0. The molecular weight excluding hydrogens is 293 g/mol. The normalized spacial score (nSPS) is 10.2. The summed E-state index contributed by atoms with van der Waals surface area (Å²) in [5, 5.41) is 0. The van der Waals surface area contributed by atoms with E-state index in [0.717, 1.165) is 18.0 Å². The quantitative estimate of drug-likeness (QED) is 0.587. The third-order valence-corrected chi connectivity index (χ3v) is 3.44. The molecule has 0 aliphatic heterocycles. The fraction of sp³-hybridized carbons (Fsp3) is 0.500. The van der Waals surface area contributed by atoms with Gasteiger partial charge in [-0.2, -0.15) is 8.42 Å². The molecule has 0 bridgehead atoms. The van der Waals surface area contributed by atoms with Gasteiger partial charge in [-0.25, -0.2) is 0 Å². The van der Waals surface area contributed by atoms with Gasteiger partial charge in [0.25, 0.3) is 10.1 Å². The van der Waals surface area contributed by atoms with Crippen LogP contribution in [0.25, 0.3) is 0 Å². The van der Waals surface area contributed by atoms with Crippen LogP contribution in [-0.4, -0.2) is 74.0 Å². The fourth-order valence-electron chi connectivity index (χ4n) is 1.71. The molecule has 0 amide bonds. The minimum absolute atomic E-state index is 0. The number of nitrogens with zero attached hydrogens (tertiary/aromatic N) is 1. The molecule has 0 aliphatic carbocycles. The minimum Gasteiger partial charge on any atom is -0.497 e. The third kappa shape index (κ3) is 8.08. The van der Waals surface area contributed by atoms with Gasteiger partial charge < -0.3 is 15.1 Å². The van der Waals surface area contributed by atoms with Crippen molar-refractivity contribution in [1.29, 1.82) is 0 Å². The minimum atomic E-state index is -3.87. The largest absolute Gasteiger partial charge is 0.497 e. The topological polar surface area (TPSA) is 98.3 Å². The van der Waals surface area contributed by atoms with Gasteiger partial charge in [0.1, 0.15) is 5.75 Å². The van der Waals surface area contributed by atoms with Gasteiger partial charge in [0, 0.05) is 54.4 Å². The van der Waals surface area contributed by atoms with Crippen molar-refractivity contribution in [3.8, 4) is 5.75 Å². The van der Waals surface area contributed by atoms with Crippen LogP contribution < -0.4 is 9.64 Å². The molecule has 0 atom stereocenters. The molecule has 3 N–H and O–H groups in total. The Kier molecular flexibility index (Phi) is 11.5. The molecule has 0 heterocycles. The first-order valence-electron chi connectivity index (χ1n) is 5.80. The molecule has 6 nitrogen and oxygen atoms in total. The smallest absolute Gasteiger partial charge is 0.264 e. The average Bonchev–Trinajstić information content (AvgIpc) is 2.33. The predicted octanol–water partition coefficient (Wildman–Crippen LogP) is 0.594. The maximum absolute atomic E-state index is 10.7. The molecule has 20 heavy (non-hydrogen) atoms. The van der Waals surface area contributed by atoms with Crippen LogP contribution in [0.5, 0.6) is 5.75 Å². The molecule has 1 aromatic carbocycles. The summed E-state index contributed by atoms with van der Waals surface area (Å²) in [7, 11) is -2.27. The predicted molar refractivity (Wildman–Crippen MR) is 81.3 cm³/mol. The standard InChI is InChI=1S/C12H19NO4S.Na.H2O/c1-3-13(8-5-9-18(14,15)16)11-6-4-7-12(10-11)17-2;;/h4,6-7,10H,3,5,8-9H2,1-2H3,(H,14,15,16);;1H2. The Hall–Kier alpha value is -0.310. The van der Waals surface area contributed by atoms with E-state index in [-0.39, 0.29) is 40.8 Å². The molecular formula is C12H21NNaO5S. The Morgan fingerprint density at radius 2 is 2.00 bits per heavy atom. The number of benzene rings is 1. The van der Waals surface area contributed by atoms with E-state index in [4.69, 9.17) is 9.29 Å². The van der Waals surface area contributed by atoms with Gasteiger partial charge in [-0.05, 0) is 25.5 Å². The van der Waals surface area contributed by atoms with Crippen molar-refractivity contribution in [3.63, 3.8) is 0 Å². The number of hydrogen-bond donors (Lipinski definition) is 1. The summed E-state index contributed by atoms with van der Waals surface area (Å²) in [6.07, 6.45) is 0.393. The van der Waals surface area contributed by atoms with Crippen molar-refractivity contribution < 1.29 is 23.2 Å². The summed E-state index contributed by atoms with van der Waals surface area (Å²) in [4.78, 5) is 2.04. The van der Waals surface area contributed by atoms with Gasteiger partial charge in [0.2, 0.25) is 0 Å². The van der Waals surface area contributed by atoms with Crippen LogP contribution in [0.2, 0.25) is 0 Å². The van der Waals surface area contributed by atoms with Crippen LogP contribution in [0.4, 0.5) is 5.69 Å². The summed E-state index contributed by atoms with van der Waals surface area (Å²) < 4.78 is 35.1. The van der Waals surface area contributed by atoms with E-state index in [1.54, 1.807) is 7.11 Å². The second kappa shape index (κ2) is 10.4. The Morgan fingerprint density at radius 1 is 1.35 bits per heavy atom. The molecule has 8 heteroatoms. The van der Waals surface area contributed by atoms with Gasteiger partial charge in [-0.3, -0.25) is 4.55 Å². The Labute approximate surface area is 142 Å². The number of rotatable bonds is 7. The van der Waals surface area contributed by atoms with Crippen molar-refractivity contribution in [3.05, 3.63) is 24.3 Å². The Bertz CT molecular complexity index is 480. The first-order chi connectivity index (χ1) is 8.46. The number of hydrogen-bond acceptors (Lipinski definition) is 4. The maximum atomic E-state index is 10.7. The number of anilines is 1. The third-order valence-electron chi connectivity index (χ3n) is 2.63. The molecule has 0 aliphatic rings. The fourth-order valence-corrected chi connectivity index (χ4v) is 2.21. The van der Waals surface area contributed by atoms with Gasteiger partial charge in [-0.15, -0.1) is 0 Å². The molecule has 111 valence electrons. The molecule has 0 spiro atoms. The van der Waals surface area contributed by atoms with Crippen molar-refractivity contribution in [2.24, 2.45) is 0 Å². The summed E-state index contributed by atoms with van der Waals surface area (Å²) in [5.41, 5.74) is 0.979. The zero-order valence-electron chi connectivity index (χ0n) is 12.2. The molecule has 0 saturated carbocycles. The zero-order chi connectivity index (χ0) is 13.6. The molecule has 0 unspecified atom stereocenters. The van der Waals surface area contributed by atoms with Crippen molar-refractivity contribution >= 4 is 45.4 Å². The zero-order valence-corrected chi connectivity index (χ0v) is 15.0. The van der Waals surface area contributed by atoms with E-state index in [1.165, 1.54) is 0 Å². The maximum Gasteiger partial charge on any atom is 0.264 e. The molecule has 0 aromatic heterocycles. The van der Waals surface area contributed by atoms with Crippen LogP contribution in [0, 0.1) is 0 Å². The second-order valence-electron chi connectivity index (χ2n) is 3.92. The molecule has 0 fully saturated rings. The second-order valence-corrected chi connectivity index (χ2v) is 5.49. The van der Waals surface area contributed by atoms with E-state index in [0.29, 0.717) is 13.0 Å².